The molecule has 0 bridgehead atoms. The molecule has 5 rings (SSSR count). The fourth-order valence-electron chi connectivity index (χ4n) is 4.13. The molecule has 0 fully saturated rings. The van der Waals surface area contributed by atoms with Crippen molar-refractivity contribution in [2.24, 2.45) is 0 Å². The van der Waals surface area contributed by atoms with Crippen LogP contribution in [-0.2, 0) is 5.41 Å². The molecule has 0 unspecified atom stereocenters. The Morgan fingerprint density at radius 3 is 2.00 bits per heavy atom. The lowest BCUT2D eigenvalue weighted by atomic mass is 9.87. The SMILES string of the molecule is CC(C)(C)c1ccc(-n2c3ccccc3c3ccc(Nc4ccccc4)cc32)cc1. The maximum atomic E-state index is 3.53. The van der Waals surface area contributed by atoms with Crippen LogP contribution in [-0.4, -0.2) is 4.57 Å². The van der Waals surface area contributed by atoms with E-state index in [1.165, 1.54) is 33.1 Å². The van der Waals surface area contributed by atoms with Crippen LogP contribution in [0.2, 0.25) is 0 Å². The number of hydrogen-bond acceptors (Lipinski definition) is 1. The predicted molar refractivity (Wildman–Crippen MR) is 129 cm³/mol. The standard InChI is InChI=1S/C28H26N2/c1-28(2,3)20-13-16-23(17-14-20)30-26-12-8-7-11-24(26)25-18-15-22(19-27(25)30)29-21-9-5-4-6-10-21/h4-19,29H,1-3H3. The van der Waals surface area contributed by atoms with Gasteiger partial charge in [0.25, 0.3) is 0 Å². The number of benzene rings is 4. The maximum absolute atomic E-state index is 3.53. The quantitative estimate of drug-likeness (QED) is 0.332. The molecule has 5 aromatic rings. The lowest BCUT2D eigenvalue weighted by Gasteiger charge is -2.19. The highest BCUT2D eigenvalue weighted by molar-refractivity contribution is 6.10. The van der Waals surface area contributed by atoms with Gasteiger partial charge < -0.3 is 9.88 Å². The van der Waals surface area contributed by atoms with E-state index in [9.17, 15) is 0 Å². The van der Waals surface area contributed by atoms with E-state index < -0.39 is 0 Å². The van der Waals surface area contributed by atoms with Crippen molar-refractivity contribution in [1.29, 1.82) is 0 Å². The summed E-state index contributed by atoms with van der Waals surface area (Å²) in [5.74, 6) is 0. The third-order valence-electron chi connectivity index (χ3n) is 5.73. The predicted octanol–water partition coefficient (Wildman–Crippen LogP) is 7.82. The van der Waals surface area contributed by atoms with Crippen LogP contribution in [0, 0.1) is 0 Å². The Balaban J connectivity index is 1.69. The number of aromatic nitrogens is 1. The molecule has 2 nitrogen and oxygen atoms in total. The van der Waals surface area contributed by atoms with Crippen molar-refractivity contribution in [2.75, 3.05) is 5.32 Å². The molecule has 0 amide bonds. The summed E-state index contributed by atoms with van der Waals surface area (Å²) in [7, 11) is 0. The molecule has 0 aliphatic heterocycles. The van der Waals surface area contributed by atoms with E-state index in [1.807, 2.05) is 6.07 Å². The number of rotatable bonds is 3. The Bertz CT molecular complexity index is 1320. The summed E-state index contributed by atoms with van der Waals surface area (Å²) >= 11 is 0. The highest BCUT2D eigenvalue weighted by atomic mass is 15.0. The van der Waals surface area contributed by atoms with Crippen LogP contribution < -0.4 is 5.32 Å². The fourth-order valence-corrected chi connectivity index (χ4v) is 4.13. The zero-order valence-corrected chi connectivity index (χ0v) is 17.7. The van der Waals surface area contributed by atoms with Gasteiger partial charge in [0.15, 0.2) is 0 Å². The van der Waals surface area contributed by atoms with Crippen molar-refractivity contribution in [1.82, 2.24) is 4.57 Å². The second kappa shape index (κ2) is 7.07. The van der Waals surface area contributed by atoms with E-state index in [1.54, 1.807) is 0 Å². The minimum absolute atomic E-state index is 0.145. The van der Waals surface area contributed by atoms with E-state index in [0.717, 1.165) is 11.4 Å². The summed E-state index contributed by atoms with van der Waals surface area (Å²) in [5.41, 5.74) is 7.29. The molecule has 0 atom stereocenters. The number of hydrogen-bond donors (Lipinski definition) is 1. The van der Waals surface area contributed by atoms with Gasteiger partial charge >= 0.3 is 0 Å². The highest BCUT2D eigenvalue weighted by Gasteiger charge is 2.15. The summed E-state index contributed by atoms with van der Waals surface area (Å²) < 4.78 is 2.37. The molecule has 2 heteroatoms. The van der Waals surface area contributed by atoms with Gasteiger partial charge in [-0.3, -0.25) is 0 Å². The number of fused-ring (bicyclic) bond motifs is 3. The average Bonchev–Trinajstić information content (AvgIpc) is 3.07. The van der Waals surface area contributed by atoms with Gasteiger partial charge in [-0.25, -0.2) is 0 Å². The molecule has 1 N–H and O–H groups in total. The van der Waals surface area contributed by atoms with Crippen LogP contribution >= 0.6 is 0 Å². The van der Waals surface area contributed by atoms with Gasteiger partial charge in [0.05, 0.1) is 11.0 Å². The molecule has 0 aliphatic carbocycles. The van der Waals surface area contributed by atoms with Crippen LogP contribution in [0.25, 0.3) is 27.5 Å². The number of anilines is 2. The molecule has 0 aliphatic rings. The van der Waals surface area contributed by atoms with E-state index in [4.69, 9.17) is 0 Å². The average molecular weight is 391 g/mol. The van der Waals surface area contributed by atoms with Crippen molar-refractivity contribution in [3.8, 4) is 5.69 Å². The van der Waals surface area contributed by atoms with E-state index in [-0.39, 0.29) is 5.41 Å². The molecule has 0 saturated heterocycles. The number of nitrogens with one attached hydrogen (secondary N) is 1. The first kappa shape index (κ1) is 18.5. The maximum Gasteiger partial charge on any atom is 0.0561 e. The third-order valence-corrected chi connectivity index (χ3v) is 5.73. The minimum Gasteiger partial charge on any atom is -0.355 e. The van der Waals surface area contributed by atoms with E-state index in [2.05, 4.69) is 122 Å². The largest absolute Gasteiger partial charge is 0.355 e. The topological polar surface area (TPSA) is 17.0 Å². The first-order valence-electron chi connectivity index (χ1n) is 10.5. The highest BCUT2D eigenvalue weighted by Crippen LogP contribution is 2.34. The molecule has 1 heterocycles. The lowest BCUT2D eigenvalue weighted by molar-refractivity contribution is 0.590. The van der Waals surface area contributed by atoms with Crippen molar-refractivity contribution < 1.29 is 0 Å². The summed E-state index contributed by atoms with van der Waals surface area (Å²) in [4.78, 5) is 0. The molecule has 0 saturated carbocycles. The Morgan fingerprint density at radius 2 is 1.27 bits per heavy atom. The Morgan fingerprint density at radius 1 is 0.600 bits per heavy atom. The molecule has 148 valence electrons. The van der Waals surface area contributed by atoms with Crippen LogP contribution in [0.15, 0.2) is 97.1 Å². The molecule has 0 spiro atoms. The summed E-state index contributed by atoms with van der Waals surface area (Å²) in [6.07, 6.45) is 0. The number of nitrogens with zero attached hydrogens (tertiary/aromatic N) is 1. The molecular formula is C28H26N2. The summed E-state index contributed by atoms with van der Waals surface area (Å²) in [6, 6.07) is 34.6. The monoisotopic (exact) mass is 390 g/mol. The Labute approximate surface area is 177 Å². The fraction of sp³-hybridized carbons (Fsp3) is 0.143. The van der Waals surface area contributed by atoms with Crippen molar-refractivity contribution in [2.45, 2.75) is 26.2 Å². The molecule has 0 radical (unpaired) electrons. The number of para-hydroxylation sites is 2. The van der Waals surface area contributed by atoms with Gasteiger partial charge in [0.1, 0.15) is 0 Å². The Kier molecular flexibility index (Phi) is 4.36. The molecular weight excluding hydrogens is 364 g/mol. The van der Waals surface area contributed by atoms with Gasteiger partial charge in [-0.15, -0.1) is 0 Å². The van der Waals surface area contributed by atoms with Gasteiger partial charge in [-0.1, -0.05) is 75.4 Å². The molecule has 4 aromatic carbocycles. The van der Waals surface area contributed by atoms with Crippen molar-refractivity contribution in [3.05, 3.63) is 103 Å². The first-order chi connectivity index (χ1) is 14.5. The molecule has 1 aromatic heterocycles. The van der Waals surface area contributed by atoms with Crippen molar-refractivity contribution in [3.63, 3.8) is 0 Å². The van der Waals surface area contributed by atoms with Crippen LogP contribution in [0.3, 0.4) is 0 Å². The third kappa shape index (κ3) is 3.25. The van der Waals surface area contributed by atoms with Crippen molar-refractivity contribution >= 4 is 33.2 Å². The minimum atomic E-state index is 0.145. The van der Waals surface area contributed by atoms with Gasteiger partial charge in [0.2, 0.25) is 0 Å². The Hall–Kier alpha value is -3.52. The zero-order valence-electron chi connectivity index (χ0n) is 17.7. The smallest absolute Gasteiger partial charge is 0.0561 e. The second-order valence-electron chi connectivity index (χ2n) is 8.87. The normalized spacial score (nSPS) is 11.8. The van der Waals surface area contributed by atoms with Gasteiger partial charge in [-0.05, 0) is 53.4 Å². The second-order valence-corrected chi connectivity index (χ2v) is 8.87. The van der Waals surface area contributed by atoms with Crippen LogP contribution in [0.4, 0.5) is 11.4 Å². The van der Waals surface area contributed by atoms with E-state index in [0.29, 0.717) is 0 Å². The lowest BCUT2D eigenvalue weighted by Crippen LogP contribution is -2.10. The van der Waals surface area contributed by atoms with Gasteiger partial charge in [-0.2, -0.15) is 0 Å². The summed E-state index contributed by atoms with van der Waals surface area (Å²) in [5, 5.41) is 6.08. The van der Waals surface area contributed by atoms with Crippen LogP contribution in [0.1, 0.15) is 26.3 Å². The molecule has 30 heavy (non-hydrogen) atoms. The first-order valence-corrected chi connectivity index (χ1v) is 10.5. The van der Waals surface area contributed by atoms with Crippen LogP contribution in [0.5, 0.6) is 0 Å². The van der Waals surface area contributed by atoms with E-state index >= 15 is 0 Å². The zero-order chi connectivity index (χ0) is 20.7. The summed E-state index contributed by atoms with van der Waals surface area (Å²) in [6.45, 7) is 6.76. The van der Waals surface area contributed by atoms with Gasteiger partial charge in [0, 0.05) is 27.8 Å².